The van der Waals surface area contributed by atoms with Crippen molar-refractivity contribution in [3.8, 4) is 0 Å². The van der Waals surface area contributed by atoms with Crippen LogP contribution in [-0.4, -0.2) is 9.19 Å². The molecule has 16 heavy (non-hydrogen) atoms. The van der Waals surface area contributed by atoms with Gasteiger partial charge in [-0.05, 0) is 24.6 Å². The molecule has 0 aliphatic carbocycles. The number of hydrogen-bond acceptors (Lipinski definition) is 2. The lowest BCUT2D eigenvalue weighted by molar-refractivity contribution is 0.673. The van der Waals surface area contributed by atoms with Gasteiger partial charge in [0.2, 0.25) is 0 Å². The van der Waals surface area contributed by atoms with Gasteiger partial charge in [0, 0.05) is 6.20 Å². The van der Waals surface area contributed by atoms with E-state index in [4.69, 9.17) is 0 Å². The second-order valence-electron chi connectivity index (χ2n) is 3.52. The number of nitrogens with zero attached hydrogens (tertiary/aromatic N) is 1. The van der Waals surface area contributed by atoms with Crippen molar-refractivity contribution < 1.29 is 4.21 Å². The van der Waals surface area contributed by atoms with E-state index < -0.39 is 10.8 Å². The summed E-state index contributed by atoms with van der Waals surface area (Å²) in [5.74, 6) is 0. The third-order valence-electron chi connectivity index (χ3n) is 2.43. The van der Waals surface area contributed by atoms with Gasteiger partial charge in [-0.15, -0.1) is 0 Å². The maximum Gasteiger partial charge on any atom is 0.127 e. The van der Waals surface area contributed by atoms with E-state index in [1.807, 2.05) is 49.4 Å². The molecular weight excluding hydrogens is 218 g/mol. The third kappa shape index (κ3) is 2.36. The van der Waals surface area contributed by atoms with Gasteiger partial charge in [-0.1, -0.05) is 36.4 Å². The summed E-state index contributed by atoms with van der Waals surface area (Å²) in [6.45, 7) is 1.96. The predicted molar refractivity (Wildman–Crippen MR) is 65.5 cm³/mol. The van der Waals surface area contributed by atoms with E-state index in [1.165, 1.54) is 0 Å². The SMILES string of the molecule is CC(c1ccccc1)S(=O)c1ccccn1. The molecule has 2 rings (SSSR count). The van der Waals surface area contributed by atoms with Gasteiger partial charge in [0.25, 0.3) is 0 Å². The van der Waals surface area contributed by atoms with Gasteiger partial charge in [-0.25, -0.2) is 4.98 Å². The molecule has 2 nitrogen and oxygen atoms in total. The van der Waals surface area contributed by atoms with Gasteiger partial charge in [0.1, 0.15) is 5.03 Å². The smallest absolute Gasteiger partial charge is 0.127 e. The fourth-order valence-electron chi connectivity index (χ4n) is 1.49. The minimum atomic E-state index is -1.09. The van der Waals surface area contributed by atoms with E-state index in [-0.39, 0.29) is 5.25 Å². The number of rotatable bonds is 3. The van der Waals surface area contributed by atoms with E-state index >= 15 is 0 Å². The molecule has 0 spiro atoms. The standard InChI is InChI=1S/C13H13NOS/c1-11(12-7-3-2-4-8-12)16(15)13-9-5-6-10-14-13/h2-11H,1H3. The van der Waals surface area contributed by atoms with E-state index in [9.17, 15) is 4.21 Å². The monoisotopic (exact) mass is 231 g/mol. The summed E-state index contributed by atoms with van der Waals surface area (Å²) in [5, 5.41) is 0.606. The second-order valence-corrected chi connectivity index (χ2v) is 5.24. The average molecular weight is 231 g/mol. The van der Waals surface area contributed by atoms with Crippen LogP contribution in [-0.2, 0) is 10.8 Å². The zero-order chi connectivity index (χ0) is 11.4. The summed E-state index contributed by atoms with van der Waals surface area (Å²) in [5.41, 5.74) is 1.08. The zero-order valence-electron chi connectivity index (χ0n) is 9.04. The van der Waals surface area contributed by atoms with Gasteiger partial charge in [-0.2, -0.15) is 0 Å². The van der Waals surface area contributed by atoms with Crippen LogP contribution in [0.5, 0.6) is 0 Å². The number of aromatic nitrogens is 1. The van der Waals surface area contributed by atoms with Crippen molar-refractivity contribution in [3.05, 3.63) is 60.3 Å². The Bertz CT molecular complexity index is 470. The van der Waals surface area contributed by atoms with E-state index in [0.717, 1.165) is 5.56 Å². The molecule has 0 bridgehead atoms. The van der Waals surface area contributed by atoms with Crippen LogP contribution in [0.4, 0.5) is 0 Å². The highest BCUT2D eigenvalue weighted by molar-refractivity contribution is 7.85. The maximum atomic E-state index is 12.2. The summed E-state index contributed by atoms with van der Waals surface area (Å²) >= 11 is 0. The van der Waals surface area contributed by atoms with Crippen LogP contribution in [0.1, 0.15) is 17.7 Å². The van der Waals surface area contributed by atoms with Gasteiger partial charge < -0.3 is 0 Å². The molecule has 0 radical (unpaired) electrons. The number of benzene rings is 1. The highest BCUT2D eigenvalue weighted by atomic mass is 32.2. The van der Waals surface area contributed by atoms with Crippen molar-refractivity contribution in [1.82, 2.24) is 4.98 Å². The Morgan fingerprint density at radius 3 is 2.38 bits per heavy atom. The molecule has 0 fully saturated rings. The van der Waals surface area contributed by atoms with Gasteiger partial charge in [-0.3, -0.25) is 4.21 Å². The first-order chi connectivity index (χ1) is 7.79. The average Bonchev–Trinajstić information content (AvgIpc) is 2.39. The molecule has 0 saturated carbocycles. The van der Waals surface area contributed by atoms with E-state index in [1.54, 1.807) is 12.3 Å². The highest BCUT2D eigenvalue weighted by Gasteiger charge is 2.15. The van der Waals surface area contributed by atoms with Crippen molar-refractivity contribution in [1.29, 1.82) is 0 Å². The van der Waals surface area contributed by atoms with Crippen molar-refractivity contribution >= 4 is 10.8 Å². The Morgan fingerprint density at radius 1 is 1.06 bits per heavy atom. The summed E-state index contributed by atoms with van der Waals surface area (Å²) in [4.78, 5) is 4.13. The first-order valence-electron chi connectivity index (χ1n) is 5.15. The fourth-order valence-corrected chi connectivity index (χ4v) is 2.64. The Kier molecular flexibility index (Phi) is 3.47. The van der Waals surface area contributed by atoms with Crippen molar-refractivity contribution in [3.63, 3.8) is 0 Å². The fraction of sp³-hybridized carbons (Fsp3) is 0.154. The molecular formula is C13H13NOS. The van der Waals surface area contributed by atoms with Gasteiger partial charge in [0.05, 0.1) is 16.0 Å². The summed E-state index contributed by atoms with van der Waals surface area (Å²) in [6.07, 6.45) is 1.67. The van der Waals surface area contributed by atoms with Crippen LogP contribution in [0.25, 0.3) is 0 Å². The Labute approximate surface area is 97.8 Å². The van der Waals surface area contributed by atoms with Crippen LogP contribution in [0, 0.1) is 0 Å². The van der Waals surface area contributed by atoms with Gasteiger partial charge >= 0.3 is 0 Å². The number of pyridine rings is 1. The van der Waals surface area contributed by atoms with E-state index in [2.05, 4.69) is 4.98 Å². The summed E-state index contributed by atoms with van der Waals surface area (Å²) in [6, 6.07) is 15.3. The topological polar surface area (TPSA) is 30.0 Å². The van der Waals surface area contributed by atoms with Gasteiger partial charge in [0.15, 0.2) is 0 Å². The Balaban J connectivity index is 2.24. The van der Waals surface area contributed by atoms with Crippen LogP contribution >= 0.6 is 0 Å². The maximum absolute atomic E-state index is 12.2. The first-order valence-corrected chi connectivity index (χ1v) is 6.37. The predicted octanol–water partition coefficient (Wildman–Crippen LogP) is 2.95. The quantitative estimate of drug-likeness (QED) is 0.813. The molecule has 2 atom stereocenters. The lowest BCUT2D eigenvalue weighted by Gasteiger charge is -2.10. The molecule has 2 unspecified atom stereocenters. The minimum Gasteiger partial charge on any atom is -0.252 e. The van der Waals surface area contributed by atoms with Crippen molar-refractivity contribution in [2.24, 2.45) is 0 Å². The van der Waals surface area contributed by atoms with Crippen molar-refractivity contribution in [2.75, 3.05) is 0 Å². The molecule has 0 N–H and O–H groups in total. The second kappa shape index (κ2) is 5.03. The normalized spacial score (nSPS) is 14.3. The minimum absolute atomic E-state index is 0.0314. The zero-order valence-corrected chi connectivity index (χ0v) is 9.85. The number of hydrogen-bond donors (Lipinski definition) is 0. The largest absolute Gasteiger partial charge is 0.252 e. The summed E-state index contributed by atoms with van der Waals surface area (Å²) in [7, 11) is -1.09. The molecule has 0 aliphatic heterocycles. The summed E-state index contributed by atoms with van der Waals surface area (Å²) < 4.78 is 12.2. The molecule has 1 aromatic heterocycles. The molecule has 1 aromatic carbocycles. The molecule has 0 saturated heterocycles. The Hall–Kier alpha value is -1.48. The molecule has 2 aromatic rings. The molecule has 1 heterocycles. The molecule has 0 amide bonds. The molecule has 0 aliphatic rings. The lowest BCUT2D eigenvalue weighted by Crippen LogP contribution is -2.04. The first kappa shape index (κ1) is 11.0. The highest BCUT2D eigenvalue weighted by Crippen LogP contribution is 2.22. The lowest BCUT2D eigenvalue weighted by atomic mass is 10.2. The van der Waals surface area contributed by atoms with Crippen LogP contribution in [0.2, 0.25) is 0 Å². The van der Waals surface area contributed by atoms with Crippen molar-refractivity contribution in [2.45, 2.75) is 17.2 Å². The molecule has 82 valence electrons. The molecule has 3 heteroatoms. The third-order valence-corrected chi connectivity index (χ3v) is 4.00. The van der Waals surface area contributed by atoms with Crippen LogP contribution < -0.4 is 0 Å². The van der Waals surface area contributed by atoms with E-state index in [0.29, 0.717) is 5.03 Å². The van der Waals surface area contributed by atoms with Crippen LogP contribution in [0.15, 0.2) is 59.8 Å². The van der Waals surface area contributed by atoms with Crippen LogP contribution in [0.3, 0.4) is 0 Å². The Morgan fingerprint density at radius 2 is 1.75 bits per heavy atom.